The molecule has 0 amide bonds. The first-order valence-corrected chi connectivity index (χ1v) is 8.30. The predicted molar refractivity (Wildman–Crippen MR) is 86.7 cm³/mol. The van der Waals surface area contributed by atoms with E-state index in [1.807, 2.05) is 0 Å². The first-order chi connectivity index (χ1) is 11.6. The topological polar surface area (TPSA) is 142 Å². The lowest BCUT2D eigenvalue weighted by Crippen LogP contribution is -2.01. The molecular weight excluding hydrogens is 355 g/mol. The molecule has 0 unspecified atom stereocenters. The summed E-state index contributed by atoms with van der Waals surface area (Å²) in [5.74, 6) is -0.180. The predicted octanol–water partition coefficient (Wildman–Crippen LogP) is 3.68. The molecule has 0 heterocycles. The summed E-state index contributed by atoms with van der Waals surface area (Å²) in [6.07, 6.45) is 0. The molecule has 2 aromatic rings. The van der Waals surface area contributed by atoms with E-state index >= 15 is 0 Å². The summed E-state index contributed by atoms with van der Waals surface area (Å²) < 4.78 is 21.8. The first-order valence-electron chi connectivity index (χ1n) is 6.81. The van der Waals surface area contributed by atoms with Crippen LogP contribution in [0.5, 0.6) is 11.5 Å². The Balaban J connectivity index is 2.18. The highest BCUT2D eigenvalue weighted by atomic mass is 31.2. The van der Waals surface area contributed by atoms with Crippen LogP contribution in [0.4, 0.5) is 11.4 Å². The number of nitro groups is 2. The van der Waals surface area contributed by atoms with Crippen LogP contribution in [0.1, 0.15) is 11.1 Å². The van der Waals surface area contributed by atoms with Crippen LogP contribution in [0.2, 0.25) is 0 Å². The molecule has 11 heteroatoms. The molecule has 2 rings (SSSR count). The maximum atomic E-state index is 12.1. The van der Waals surface area contributed by atoms with Crippen LogP contribution in [0, 0.1) is 34.1 Å². The minimum atomic E-state index is -4.59. The van der Waals surface area contributed by atoms with Gasteiger partial charge in [-0.1, -0.05) is 0 Å². The van der Waals surface area contributed by atoms with Crippen LogP contribution in [0.15, 0.2) is 36.4 Å². The van der Waals surface area contributed by atoms with Gasteiger partial charge >= 0.3 is 7.82 Å². The van der Waals surface area contributed by atoms with Gasteiger partial charge < -0.3 is 9.05 Å². The quantitative estimate of drug-likeness (QED) is 0.462. The van der Waals surface area contributed by atoms with Crippen LogP contribution < -0.4 is 9.05 Å². The second kappa shape index (κ2) is 6.88. The molecule has 0 fully saturated rings. The molecule has 0 aliphatic rings. The molecule has 0 bridgehead atoms. The Labute approximate surface area is 141 Å². The minimum Gasteiger partial charge on any atom is -0.395 e. The monoisotopic (exact) mass is 368 g/mol. The Bertz CT molecular complexity index is 829. The van der Waals surface area contributed by atoms with Crippen molar-refractivity contribution in [3.8, 4) is 11.5 Å². The van der Waals surface area contributed by atoms with Gasteiger partial charge in [0, 0.05) is 23.3 Å². The third-order valence-corrected chi connectivity index (χ3v) is 4.05. The minimum absolute atomic E-state index is 0.0902. The van der Waals surface area contributed by atoms with Crippen molar-refractivity contribution in [2.75, 3.05) is 0 Å². The molecule has 0 saturated carbocycles. The Morgan fingerprint density at radius 1 is 0.880 bits per heavy atom. The molecule has 0 spiro atoms. The van der Waals surface area contributed by atoms with Crippen molar-refractivity contribution in [3.05, 3.63) is 67.8 Å². The summed E-state index contributed by atoms with van der Waals surface area (Å²) >= 11 is 0. The van der Waals surface area contributed by atoms with Crippen molar-refractivity contribution in [2.24, 2.45) is 0 Å². The second-order valence-electron chi connectivity index (χ2n) is 5.06. The van der Waals surface area contributed by atoms with Gasteiger partial charge in [0.2, 0.25) is 0 Å². The number of phosphoric ester groups is 1. The molecule has 0 aliphatic heterocycles. The number of hydrogen-bond donors (Lipinski definition) is 1. The van der Waals surface area contributed by atoms with E-state index in [-0.39, 0.29) is 34.0 Å². The third-order valence-electron chi connectivity index (χ3n) is 3.17. The number of rotatable bonds is 6. The molecule has 132 valence electrons. The molecule has 0 saturated heterocycles. The summed E-state index contributed by atoms with van der Waals surface area (Å²) in [6.45, 7) is 2.90. The van der Waals surface area contributed by atoms with Crippen LogP contribution >= 0.6 is 7.82 Å². The van der Waals surface area contributed by atoms with Crippen molar-refractivity contribution >= 4 is 19.2 Å². The van der Waals surface area contributed by atoms with Crippen LogP contribution in [0.3, 0.4) is 0 Å². The lowest BCUT2D eigenvalue weighted by atomic mass is 10.2. The highest BCUT2D eigenvalue weighted by molar-refractivity contribution is 7.48. The SMILES string of the molecule is Cc1cc(OP(=O)(O)Oc2ccc([N+](=O)[O-])c(C)c2)ccc1[N+](=O)[O-]. The molecule has 2 aromatic carbocycles. The van der Waals surface area contributed by atoms with Crippen molar-refractivity contribution in [2.45, 2.75) is 13.8 Å². The molecule has 0 aromatic heterocycles. The first kappa shape index (κ1) is 18.4. The number of aryl methyl sites for hydroxylation is 2. The van der Waals surface area contributed by atoms with Gasteiger partial charge in [0.05, 0.1) is 9.85 Å². The fraction of sp³-hybridized carbons (Fsp3) is 0.143. The van der Waals surface area contributed by atoms with E-state index in [1.54, 1.807) is 0 Å². The summed E-state index contributed by atoms with van der Waals surface area (Å²) in [7, 11) is -4.59. The zero-order chi connectivity index (χ0) is 18.8. The number of benzene rings is 2. The standard InChI is InChI=1S/C14H13N2O8P/c1-9-7-11(3-5-13(9)15(17)18)23-25(21,22)24-12-4-6-14(16(19)20)10(2)8-12/h3-8H,1-2H3,(H,21,22). The van der Waals surface area contributed by atoms with Crippen LogP contribution in [-0.4, -0.2) is 14.7 Å². The Morgan fingerprint density at radius 2 is 1.24 bits per heavy atom. The van der Waals surface area contributed by atoms with Crippen LogP contribution in [0.25, 0.3) is 0 Å². The molecule has 1 N–H and O–H groups in total. The summed E-state index contributed by atoms with van der Waals surface area (Å²) in [5, 5.41) is 21.5. The lowest BCUT2D eigenvalue weighted by molar-refractivity contribution is -0.385. The number of phosphoric acid groups is 1. The van der Waals surface area contributed by atoms with Gasteiger partial charge in [-0.25, -0.2) is 4.57 Å². The van der Waals surface area contributed by atoms with Crippen molar-refractivity contribution in [1.29, 1.82) is 0 Å². The second-order valence-corrected chi connectivity index (χ2v) is 6.36. The smallest absolute Gasteiger partial charge is 0.395 e. The van der Waals surface area contributed by atoms with E-state index in [9.17, 15) is 29.7 Å². The summed E-state index contributed by atoms with van der Waals surface area (Å²) in [6, 6.07) is 7.06. The Hall–Kier alpha value is -2.97. The Kier molecular flexibility index (Phi) is 5.05. The molecule has 10 nitrogen and oxygen atoms in total. The van der Waals surface area contributed by atoms with Gasteiger partial charge in [-0.2, -0.15) is 0 Å². The average molecular weight is 368 g/mol. The maximum absolute atomic E-state index is 12.1. The van der Waals surface area contributed by atoms with E-state index in [0.717, 1.165) is 12.1 Å². The van der Waals surface area contributed by atoms with Gasteiger partial charge in [-0.15, -0.1) is 0 Å². The van der Waals surface area contributed by atoms with Gasteiger partial charge in [0.25, 0.3) is 11.4 Å². The number of nitro benzene ring substituents is 2. The molecule has 0 atom stereocenters. The van der Waals surface area contributed by atoms with E-state index in [4.69, 9.17) is 9.05 Å². The van der Waals surface area contributed by atoms with Crippen molar-refractivity contribution in [1.82, 2.24) is 0 Å². The van der Waals surface area contributed by atoms with Crippen molar-refractivity contribution in [3.63, 3.8) is 0 Å². The maximum Gasteiger partial charge on any atom is 0.584 e. The molecular formula is C14H13N2O8P. The van der Waals surface area contributed by atoms with Crippen LogP contribution in [-0.2, 0) is 4.57 Å². The zero-order valence-corrected chi connectivity index (χ0v) is 14.0. The molecule has 25 heavy (non-hydrogen) atoms. The third kappa shape index (κ3) is 4.52. The fourth-order valence-electron chi connectivity index (χ4n) is 2.06. The van der Waals surface area contributed by atoms with Gasteiger partial charge in [0.1, 0.15) is 11.5 Å². The van der Waals surface area contributed by atoms with E-state index in [0.29, 0.717) is 0 Å². The largest absolute Gasteiger partial charge is 0.584 e. The number of hydrogen-bond acceptors (Lipinski definition) is 7. The van der Waals surface area contributed by atoms with E-state index in [1.165, 1.54) is 38.1 Å². The highest BCUT2D eigenvalue weighted by Gasteiger charge is 2.26. The van der Waals surface area contributed by atoms with E-state index in [2.05, 4.69) is 0 Å². The summed E-state index contributed by atoms with van der Waals surface area (Å²) in [5.41, 5.74) is 0.168. The van der Waals surface area contributed by atoms with Gasteiger partial charge in [0.15, 0.2) is 0 Å². The van der Waals surface area contributed by atoms with Gasteiger partial charge in [-0.3, -0.25) is 25.1 Å². The zero-order valence-electron chi connectivity index (χ0n) is 13.1. The highest BCUT2D eigenvalue weighted by Crippen LogP contribution is 2.45. The van der Waals surface area contributed by atoms with Crippen molar-refractivity contribution < 1.29 is 28.4 Å². The normalized spacial score (nSPS) is 11.0. The number of nitrogens with zero attached hydrogens (tertiary/aromatic N) is 2. The molecule has 0 aliphatic carbocycles. The lowest BCUT2D eigenvalue weighted by Gasteiger charge is -2.14. The Morgan fingerprint density at radius 3 is 1.52 bits per heavy atom. The average Bonchev–Trinajstić information content (AvgIpc) is 2.45. The fourth-order valence-corrected chi connectivity index (χ4v) is 2.86. The van der Waals surface area contributed by atoms with E-state index < -0.39 is 17.7 Å². The van der Waals surface area contributed by atoms with Gasteiger partial charge in [-0.05, 0) is 38.1 Å². The molecule has 0 radical (unpaired) electrons. The summed E-state index contributed by atoms with van der Waals surface area (Å²) in [4.78, 5) is 30.1.